The average Bonchev–Trinajstić information content (AvgIpc) is 3.14. The van der Waals surface area contributed by atoms with Crippen LogP contribution in [0.3, 0.4) is 0 Å². The van der Waals surface area contributed by atoms with E-state index in [2.05, 4.69) is 0 Å². The second-order valence-corrected chi connectivity index (χ2v) is 9.59. The first-order valence-corrected chi connectivity index (χ1v) is 10.1. The third-order valence-electron chi connectivity index (χ3n) is 3.87. The van der Waals surface area contributed by atoms with Gasteiger partial charge in [-0.15, -0.1) is 0 Å². The van der Waals surface area contributed by atoms with Crippen LogP contribution >= 0.6 is 0 Å². The maximum absolute atomic E-state index is 13.8. The first-order valence-electron chi connectivity index (χ1n) is 6.80. The molecule has 21 heavy (non-hydrogen) atoms. The first-order chi connectivity index (χ1) is 9.81. The Morgan fingerprint density at radius 3 is 2.29 bits per heavy atom. The topological polar surface area (TPSA) is 71.5 Å². The Labute approximate surface area is 123 Å². The number of halogens is 1. The lowest BCUT2D eigenvalue weighted by atomic mass is 10.2. The van der Waals surface area contributed by atoms with Crippen LogP contribution in [0.4, 0.5) is 4.39 Å². The molecule has 2 aliphatic rings. The van der Waals surface area contributed by atoms with Crippen LogP contribution in [0, 0.1) is 5.82 Å². The highest BCUT2D eigenvalue weighted by Gasteiger charge is 2.46. The van der Waals surface area contributed by atoms with Crippen LogP contribution in [0.2, 0.25) is 0 Å². The fourth-order valence-corrected chi connectivity index (χ4v) is 6.54. The van der Waals surface area contributed by atoms with Gasteiger partial charge in [-0.3, -0.25) is 0 Å². The van der Waals surface area contributed by atoms with Gasteiger partial charge in [0.05, 0.1) is 11.5 Å². The Morgan fingerprint density at radius 1 is 1.10 bits per heavy atom. The molecule has 0 amide bonds. The zero-order valence-corrected chi connectivity index (χ0v) is 12.9. The van der Waals surface area contributed by atoms with E-state index in [1.165, 1.54) is 22.5 Å². The van der Waals surface area contributed by atoms with Gasteiger partial charge in [-0.05, 0) is 31.4 Å². The summed E-state index contributed by atoms with van der Waals surface area (Å²) in [6.45, 7) is 0. The van der Waals surface area contributed by atoms with Gasteiger partial charge in [-0.1, -0.05) is 12.1 Å². The number of sulfone groups is 1. The van der Waals surface area contributed by atoms with Crippen molar-refractivity contribution in [3.63, 3.8) is 0 Å². The van der Waals surface area contributed by atoms with E-state index < -0.39 is 31.7 Å². The maximum atomic E-state index is 13.8. The van der Waals surface area contributed by atoms with Crippen LogP contribution in [-0.2, 0) is 19.9 Å². The van der Waals surface area contributed by atoms with Crippen LogP contribution in [0.25, 0.3) is 0 Å². The summed E-state index contributed by atoms with van der Waals surface area (Å²) in [5, 5.41) is 0. The normalized spacial score (nSPS) is 25.3. The lowest BCUT2D eigenvalue weighted by Crippen LogP contribution is -2.42. The molecule has 1 aromatic carbocycles. The molecule has 1 saturated carbocycles. The monoisotopic (exact) mass is 333 g/mol. The van der Waals surface area contributed by atoms with Gasteiger partial charge in [0.2, 0.25) is 10.0 Å². The standard InChI is InChI=1S/C13H16FNO4S2/c14-12-3-1-2-4-13(12)21(18,19)15(10-5-6-10)11-7-8-20(16,17)9-11/h1-4,10-11H,5-9H2/t11-/m0/s1. The van der Waals surface area contributed by atoms with Crippen molar-refractivity contribution < 1.29 is 21.2 Å². The van der Waals surface area contributed by atoms with Gasteiger partial charge in [-0.2, -0.15) is 4.31 Å². The van der Waals surface area contributed by atoms with Crippen molar-refractivity contribution in [3.8, 4) is 0 Å². The molecular formula is C13H16FNO4S2. The van der Waals surface area contributed by atoms with Gasteiger partial charge in [-0.25, -0.2) is 21.2 Å². The number of sulfonamides is 1. The molecule has 1 saturated heterocycles. The zero-order chi connectivity index (χ0) is 15.3. The molecule has 3 rings (SSSR count). The van der Waals surface area contributed by atoms with Crippen LogP contribution < -0.4 is 0 Å². The largest absolute Gasteiger partial charge is 0.246 e. The summed E-state index contributed by atoms with van der Waals surface area (Å²) in [6, 6.07) is 4.44. The lowest BCUT2D eigenvalue weighted by molar-refractivity contribution is 0.331. The second-order valence-electron chi connectivity index (χ2n) is 5.55. The number of hydrogen-bond donors (Lipinski definition) is 0. The molecule has 1 heterocycles. The minimum Gasteiger partial charge on any atom is -0.229 e. The van der Waals surface area contributed by atoms with Crippen LogP contribution in [0.15, 0.2) is 29.2 Å². The van der Waals surface area contributed by atoms with Crippen molar-refractivity contribution in [2.24, 2.45) is 0 Å². The van der Waals surface area contributed by atoms with Gasteiger partial charge in [0.1, 0.15) is 10.7 Å². The Hall–Kier alpha value is -0.990. The van der Waals surface area contributed by atoms with Gasteiger partial charge in [0, 0.05) is 12.1 Å². The quantitative estimate of drug-likeness (QED) is 0.829. The molecule has 1 aliphatic heterocycles. The number of rotatable bonds is 4. The van der Waals surface area contributed by atoms with E-state index in [1.807, 2.05) is 0 Å². The minimum atomic E-state index is -4.01. The number of hydrogen-bond acceptors (Lipinski definition) is 4. The molecule has 1 aromatic rings. The number of nitrogens with zero attached hydrogens (tertiary/aromatic N) is 1. The Kier molecular flexibility index (Phi) is 3.58. The average molecular weight is 333 g/mol. The van der Waals surface area contributed by atoms with Crippen molar-refractivity contribution >= 4 is 19.9 Å². The fourth-order valence-electron chi connectivity index (χ4n) is 2.76. The van der Waals surface area contributed by atoms with E-state index >= 15 is 0 Å². The summed E-state index contributed by atoms with van der Waals surface area (Å²) in [4.78, 5) is -0.374. The Morgan fingerprint density at radius 2 is 1.76 bits per heavy atom. The molecule has 116 valence electrons. The van der Waals surface area contributed by atoms with Crippen molar-refractivity contribution in [2.45, 2.75) is 36.2 Å². The van der Waals surface area contributed by atoms with Gasteiger partial charge in [0.25, 0.3) is 0 Å². The predicted octanol–water partition coefficient (Wildman–Crippen LogP) is 1.17. The fraction of sp³-hybridized carbons (Fsp3) is 0.538. The summed E-state index contributed by atoms with van der Waals surface area (Å²) >= 11 is 0. The Bertz CT molecular complexity index is 756. The zero-order valence-electron chi connectivity index (χ0n) is 11.3. The molecule has 5 nitrogen and oxygen atoms in total. The number of benzene rings is 1. The summed E-state index contributed by atoms with van der Waals surface area (Å²) in [5.41, 5.74) is 0. The van der Waals surface area contributed by atoms with Crippen molar-refractivity contribution in [1.82, 2.24) is 4.31 Å². The lowest BCUT2D eigenvalue weighted by Gasteiger charge is -2.27. The molecule has 0 N–H and O–H groups in total. The molecule has 0 aromatic heterocycles. The smallest absolute Gasteiger partial charge is 0.229 e. The van der Waals surface area contributed by atoms with E-state index in [0.717, 1.165) is 6.07 Å². The Balaban J connectivity index is 2.00. The van der Waals surface area contributed by atoms with Crippen LogP contribution in [0.5, 0.6) is 0 Å². The van der Waals surface area contributed by atoms with Gasteiger partial charge in [0.15, 0.2) is 9.84 Å². The highest BCUT2D eigenvalue weighted by molar-refractivity contribution is 7.92. The highest BCUT2D eigenvalue weighted by atomic mass is 32.2. The summed E-state index contributed by atoms with van der Waals surface area (Å²) in [5.74, 6) is -0.978. The SMILES string of the molecule is O=S1(=O)CC[C@H](N(C2CC2)S(=O)(=O)c2ccccc2F)C1. The van der Waals surface area contributed by atoms with Crippen molar-refractivity contribution in [3.05, 3.63) is 30.1 Å². The van der Waals surface area contributed by atoms with E-state index in [-0.39, 0.29) is 28.9 Å². The predicted molar refractivity (Wildman–Crippen MR) is 75.5 cm³/mol. The van der Waals surface area contributed by atoms with Crippen molar-refractivity contribution in [2.75, 3.05) is 11.5 Å². The second kappa shape index (κ2) is 5.03. The van der Waals surface area contributed by atoms with E-state index in [9.17, 15) is 21.2 Å². The van der Waals surface area contributed by atoms with Gasteiger partial charge < -0.3 is 0 Å². The molecule has 1 atom stereocenters. The van der Waals surface area contributed by atoms with Crippen LogP contribution in [0.1, 0.15) is 19.3 Å². The summed E-state index contributed by atoms with van der Waals surface area (Å²) in [7, 11) is -7.21. The first kappa shape index (κ1) is 14.9. The molecule has 1 aliphatic carbocycles. The molecule has 2 fully saturated rings. The molecule has 0 radical (unpaired) electrons. The third kappa shape index (κ3) is 2.84. The van der Waals surface area contributed by atoms with Crippen molar-refractivity contribution in [1.29, 1.82) is 0 Å². The third-order valence-corrected chi connectivity index (χ3v) is 7.66. The molecule has 0 bridgehead atoms. The minimum absolute atomic E-state index is 0.00627. The summed E-state index contributed by atoms with van der Waals surface area (Å²) < 4.78 is 63.8. The van der Waals surface area contributed by atoms with E-state index in [0.29, 0.717) is 12.8 Å². The molecule has 8 heteroatoms. The van der Waals surface area contributed by atoms with E-state index in [4.69, 9.17) is 0 Å². The maximum Gasteiger partial charge on any atom is 0.246 e. The molecule has 0 unspecified atom stereocenters. The molecular weight excluding hydrogens is 317 g/mol. The van der Waals surface area contributed by atoms with E-state index in [1.54, 1.807) is 0 Å². The summed E-state index contributed by atoms with van der Waals surface area (Å²) in [6.07, 6.45) is 1.68. The molecule has 0 spiro atoms. The van der Waals surface area contributed by atoms with Crippen LogP contribution in [-0.4, -0.2) is 44.7 Å². The van der Waals surface area contributed by atoms with Gasteiger partial charge >= 0.3 is 0 Å². The highest BCUT2D eigenvalue weighted by Crippen LogP contribution is 2.37.